The highest BCUT2D eigenvalue weighted by atomic mass is 79.9. The van der Waals surface area contributed by atoms with Gasteiger partial charge in [-0.25, -0.2) is 4.98 Å². The number of amidine groups is 1. The van der Waals surface area contributed by atoms with Crippen LogP contribution in [0.15, 0.2) is 76.3 Å². The fourth-order valence-electron chi connectivity index (χ4n) is 3.21. The third-order valence-corrected chi connectivity index (χ3v) is 5.10. The Balaban J connectivity index is 1.77. The van der Waals surface area contributed by atoms with Crippen LogP contribution in [-0.4, -0.2) is 35.7 Å². The first kappa shape index (κ1) is 19.8. The van der Waals surface area contributed by atoms with Crippen molar-refractivity contribution >= 4 is 45.1 Å². The minimum atomic E-state index is -0.624. The van der Waals surface area contributed by atoms with Crippen LogP contribution in [0.3, 0.4) is 0 Å². The van der Waals surface area contributed by atoms with Crippen LogP contribution < -0.4 is 16.0 Å². The highest BCUT2D eigenvalue weighted by Gasteiger charge is 2.25. The molecule has 2 heterocycles. The number of benzene rings is 2. The third-order valence-electron chi connectivity index (χ3n) is 4.63. The summed E-state index contributed by atoms with van der Waals surface area (Å²) < 4.78 is 0.774. The van der Waals surface area contributed by atoms with Gasteiger partial charge in [0.05, 0.1) is 17.8 Å². The fraction of sp³-hybridized carbons (Fsp3) is 0.0909. The fourth-order valence-corrected chi connectivity index (χ4v) is 3.44. The van der Waals surface area contributed by atoms with Gasteiger partial charge >= 0.3 is 0 Å². The smallest absolute Gasteiger partial charge is 0.264 e. The van der Waals surface area contributed by atoms with Crippen molar-refractivity contribution in [2.75, 3.05) is 18.0 Å². The largest absolute Gasteiger partial charge is 0.368 e. The van der Waals surface area contributed by atoms with Gasteiger partial charge < -0.3 is 11.1 Å². The number of para-hydroxylation sites is 1. The Kier molecular flexibility index (Phi) is 5.58. The number of halogens is 1. The summed E-state index contributed by atoms with van der Waals surface area (Å²) in [6.07, 6.45) is 1.59. The molecule has 1 aliphatic rings. The molecule has 0 atom stereocenters. The number of nitrogens with two attached hydrogens (primary N) is 1. The Bertz CT molecular complexity index is 1130. The van der Waals surface area contributed by atoms with Gasteiger partial charge in [-0.1, -0.05) is 24.3 Å². The number of aromatic nitrogens is 1. The maximum absolute atomic E-state index is 13.5. The van der Waals surface area contributed by atoms with Crippen molar-refractivity contribution in [1.82, 2.24) is 10.3 Å². The number of anilines is 2. The maximum Gasteiger partial charge on any atom is 0.264 e. The van der Waals surface area contributed by atoms with Crippen LogP contribution in [0.2, 0.25) is 0 Å². The zero-order valence-electron chi connectivity index (χ0n) is 15.9. The molecule has 0 radical (unpaired) electrons. The summed E-state index contributed by atoms with van der Waals surface area (Å²) in [6, 6.07) is 17.3. The number of pyridine rings is 1. The molecule has 1 aliphatic heterocycles. The highest BCUT2D eigenvalue weighted by molar-refractivity contribution is 9.10. The number of hydrogen-bond donors (Lipinski definition) is 2. The van der Waals surface area contributed by atoms with E-state index in [4.69, 9.17) is 5.73 Å². The van der Waals surface area contributed by atoms with Gasteiger partial charge in [-0.15, -0.1) is 0 Å². The van der Waals surface area contributed by atoms with E-state index in [2.05, 4.69) is 31.2 Å². The van der Waals surface area contributed by atoms with E-state index in [9.17, 15) is 9.59 Å². The number of nitrogens with one attached hydrogen (secondary N) is 1. The number of primary amides is 1. The molecule has 0 aliphatic carbocycles. The molecule has 0 spiro atoms. The van der Waals surface area contributed by atoms with E-state index in [-0.39, 0.29) is 11.5 Å². The van der Waals surface area contributed by atoms with E-state index >= 15 is 0 Å². The van der Waals surface area contributed by atoms with Crippen LogP contribution in [0.4, 0.5) is 11.5 Å². The number of hydrogen-bond acceptors (Lipinski definition) is 5. The van der Waals surface area contributed by atoms with Gasteiger partial charge in [0, 0.05) is 28.3 Å². The van der Waals surface area contributed by atoms with Crippen molar-refractivity contribution in [3.63, 3.8) is 0 Å². The summed E-state index contributed by atoms with van der Waals surface area (Å²) in [7, 11) is 0. The molecule has 30 heavy (non-hydrogen) atoms. The molecular weight excluding hydrogens is 446 g/mol. The molecule has 7 nitrogen and oxygen atoms in total. The predicted molar refractivity (Wildman–Crippen MR) is 119 cm³/mol. The SMILES string of the molecule is NC(=O)c1ccccc1N(C(=O)c1ccc(C2=NCCN2)cc1)c1ccc(Br)cn1. The molecular formula is C22H18BrN5O2. The Morgan fingerprint density at radius 1 is 1.03 bits per heavy atom. The summed E-state index contributed by atoms with van der Waals surface area (Å²) in [6.45, 7) is 1.55. The van der Waals surface area contributed by atoms with E-state index in [1.165, 1.54) is 4.90 Å². The number of amides is 2. The maximum atomic E-state index is 13.5. The Hall–Kier alpha value is -3.52. The number of carbonyl (C=O) groups excluding carboxylic acids is 2. The lowest BCUT2D eigenvalue weighted by Gasteiger charge is -2.24. The van der Waals surface area contributed by atoms with Crippen molar-refractivity contribution in [3.8, 4) is 0 Å². The lowest BCUT2D eigenvalue weighted by molar-refractivity contribution is 0.0998. The van der Waals surface area contributed by atoms with Crippen LogP contribution in [-0.2, 0) is 0 Å². The van der Waals surface area contributed by atoms with Crippen LogP contribution >= 0.6 is 15.9 Å². The standard InChI is InChI=1S/C22H18BrN5O2/c23-16-9-10-19(27-13-16)28(18-4-2-1-3-17(18)20(24)29)22(30)15-7-5-14(6-8-15)21-25-11-12-26-21/h1-10,13H,11-12H2,(H2,24,29)(H,25,26). The Labute approximate surface area is 181 Å². The van der Waals surface area contributed by atoms with Crippen molar-refractivity contribution in [2.24, 2.45) is 10.7 Å². The summed E-state index contributed by atoms with van der Waals surface area (Å²) in [5.41, 5.74) is 7.52. The third kappa shape index (κ3) is 3.95. The lowest BCUT2D eigenvalue weighted by Crippen LogP contribution is -2.29. The Morgan fingerprint density at radius 2 is 1.80 bits per heavy atom. The molecule has 0 unspecified atom stereocenters. The number of aliphatic imine (C=N–C) groups is 1. The first-order valence-corrected chi connectivity index (χ1v) is 10.1. The second-order valence-corrected chi connectivity index (χ2v) is 7.51. The van der Waals surface area contributed by atoms with E-state index in [0.717, 1.165) is 29.0 Å². The van der Waals surface area contributed by atoms with Gasteiger partial charge in [0.1, 0.15) is 11.7 Å². The van der Waals surface area contributed by atoms with E-state index in [1.54, 1.807) is 54.7 Å². The molecule has 0 bridgehead atoms. The lowest BCUT2D eigenvalue weighted by atomic mass is 10.1. The molecule has 0 saturated carbocycles. The van der Waals surface area contributed by atoms with Gasteiger partial charge in [0.15, 0.2) is 0 Å². The number of carbonyl (C=O) groups is 2. The number of nitrogens with zero attached hydrogens (tertiary/aromatic N) is 3. The second kappa shape index (κ2) is 8.46. The summed E-state index contributed by atoms with van der Waals surface area (Å²) in [4.78, 5) is 35.7. The molecule has 2 amide bonds. The van der Waals surface area contributed by atoms with Crippen LogP contribution in [0, 0.1) is 0 Å². The number of rotatable bonds is 5. The van der Waals surface area contributed by atoms with Crippen molar-refractivity contribution in [1.29, 1.82) is 0 Å². The molecule has 3 N–H and O–H groups in total. The molecule has 0 saturated heterocycles. The normalized spacial score (nSPS) is 12.8. The van der Waals surface area contributed by atoms with E-state index < -0.39 is 5.91 Å². The predicted octanol–water partition coefficient (Wildman–Crippen LogP) is 3.27. The first-order valence-electron chi connectivity index (χ1n) is 9.28. The van der Waals surface area contributed by atoms with Crippen LogP contribution in [0.1, 0.15) is 26.3 Å². The average molecular weight is 464 g/mol. The van der Waals surface area contributed by atoms with Gasteiger partial charge in [-0.05, 0) is 52.3 Å². The van der Waals surface area contributed by atoms with Crippen molar-refractivity contribution in [2.45, 2.75) is 0 Å². The average Bonchev–Trinajstić information content (AvgIpc) is 3.30. The summed E-state index contributed by atoms with van der Waals surface area (Å²) >= 11 is 3.35. The first-order chi connectivity index (χ1) is 14.5. The quantitative estimate of drug-likeness (QED) is 0.605. The van der Waals surface area contributed by atoms with Gasteiger partial charge in [0.25, 0.3) is 11.8 Å². The van der Waals surface area contributed by atoms with E-state index in [0.29, 0.717) is 17.1 Å². The second-order valence-electron chi connectivity index (χ2n) is 6.59. The molecule has 0 fully saturated rings. The van der Waals surface area contributed by atoms with E-state index in [1.807, 2.05) is 12.1 Å². The molecule has 4 rings (SSSR count). The zero-order chi connectivity index (χ0) is 21.1. The van der Waals surface area contributed by atoms with Crippen LogP contribution in [0.5, 0.6) is 0 Å². The molecule has 8 heteroatoms. The summed E-state index contributed by atoms with van der Waals surface area (Å²) in [5.74, 6) is 0.245. The molecule has 1 aromatic heterocycles. The topological polar surface area (TPSA) is 101 Å². The van der Waals surface area contributed by atoms with Gasteiger partial charge in [-0.2, -0.15) is 0 Å². The molecule has 150 valence electrons. The van der Waals surface area contributed by atoms with Gasteiger partial charge in [0.2, 0.25) is 0 Å². The highest BCUT2D eigenvalue weighted by Crippen LogP contribution is 2.30. The van der Waals surface area contributed by atoms with Crippen LogP contribution in [0.25, 0.3) is 0 Å². The van der Waals surface area contributed by atoms with Gasteiger partial charge in [-0.3, -0.25) is 19.5 Å². The zero-order valence-corrected chi connectivity index (χ0v) is 17.5. The minimum absolute atomic E-state index is 0.233. The molecule has 2 aromatic carbocycles. The monoisotopic (exact) mass is 463 g/mol. The molecule has 3 aromatic rings. The Morgan fingerprint density at radius 3 is 2.43 bits per heavy atom. The van der Waals surface area contributed by atoms with Crippen molar-refractivity contribution in [3.05, 3.63) is 88.0 Å². The minimum Gasteiger partial charge on any atom is -0.368 e. The van der Waals surface area contributed by atoms with Crippen molar-refractivity contribution < 1.29 is 9.59 Å². The summed E-state index contributed by atoms with van der Waals surface area (Å²) in [5, 5.41) is 3.21.